The SMILES string of the molecule is CCn1c(Cc2ccccc2)nnc1SCC(=O)Nc1ccc(-c2ccc(S(C)(=O)=O)cc2)nn1. The molecule has 0 saturated carbocycles. The molecule has 9 nitrogen and oxygen atoms in total. The number of sulfone groups is 1. The van der Waals surface area contributed by atoms with Crippen LogP contribution in [0.3, 0.4) is 0 Å². The molecule has 0 spiro atoms. The molecule has 4 aromatic rings. The number of carbonyl (C=O) groups excluding carboxylic acids is 1. The van der Waals surface area contributed by atoms with E-state index >= 15 is 0 Å². The number of thioether (sulfide) groups is 1. The molecule has 4 rings (SSSR count). The van der Waals surface area contributed by atoms with Crippen molar-refractivity contribution in [3.63, 3.8) is 0 Å². The summed E-state index contributed by atoms with van der Waals surface area (Å²) in [6.07, 6.45) is 1.83. The topological polar surface area (TPSA) is 120 Å². The van der Waals surface area contributed by atoms with E-state index in [4.69, 9.17) is 0 Å². The van der Waals surface area contributed by atoms with Crippen LogP contribution in [0, 0.1) is 0 Å². The van der Waals surface area contributed by atoms with Gasteiger partial charge in [-0.2, -0.15) is 0 Å². The van der Waals surface area contributed by atoms with Gasteiger partial charge in [-0.3, -0.25) is 4.79 Å². The minimum Gasteiger partial charge on any atom is -0.308 e. The van der Waals surface area contributed by atoms with E-state index in [-0.39, 0.29) is 16.6 Å². The Bertz CT molecular complexity index is 1400. The van der Waals surface area contributed by atoms with Gasteiger partial charge in [0.15, 0.2) is 20.8 Å². The maximum Gasteiger partial charge on any atom is 0.236 e. The summed E-state index contributed by atoms with van der Waals surface area (Å²) in [5, 5.41) is 20.2. The third kappa shape index (κ3) is 6.31. The lowest BCUT2D eigenvalue weighted by Crippen LogP contribution is -2.16. The lowest BCUT2D eigenvalue weighted by Gasteiger charge is -2.08. The highest BCUT2D eigenvalue weighted by Crippen LogP contribution is 2.21. The predicted molar refractivity (Wildman–Crippen MR) is 135 cm³/mol. The molecule has 0 atom stereocenters. The van der Waals surface area contributed by atoms with E-state index < -0.39 is 9.84 Å². The van der Waals surface area contributed by atoms with Gasteiger partial charge in [-0.15, -0.1) is 20.4 Å². The van der Waals surface area contributed by atoms with E-state index in [1.807, 2.05) is 41.8 Å². The van der Waals surface area contributed by atoms with Gasteiger partial charge in [0.25, 0.3) is 0 Å². The highest BCUT2D eigenvalue weighted by atomic mass is 32.2. The Kier molecular flexibility index (Phi) is 7.57. The van der Waals surface area contributed by atoms with Crippen LogP contribution in [0.2, 0.25) is 0 Å². The molecule has 35 heavy (non-hydrogen) atoms. The van der Waals surface area contributed by atoms with Crippen LogP contribution in [-0.4, -0.2) is 51.3 Å². The maximum absolute atomic E-state index is 12.5. The molecule has 0 saturated heterocycles. The minimum absolute atomic E-state index is 0.153. The van der Waals surface area contributed by atoms with Crippen LogP contribution in [0.1, 0.15) is 18.3 Å². The number of amides is 1. The fourth-order valence-corrected chi connectivity index (χ4v) is 4.84. The van der Waals surface area contributed by atoms with E-state index in [9.17, 15) is 13.2 Å². The lowest BCUT2D eigenvalue weighted by molar-refractivity contribution is -0.113. The number of benzene rings is 2. The van der Waals surface area contributed by atoms with Gasteiger partial charge in [-0.25, -0.2) is 8.42 Å². The molecular weight excluding hydrogens is 484 g/mol. The van der Waals surface area contributed by atoms with Crippen LogP contribution in [0.4, 0.5) is 5.82 Å². The van der Waals surface area contributed by atoms with Crippen LogP contribution >= 0.6 is 11.8 Å². The van der Waals surface area contributed by atoms with Gasteiger partial charge < -0.3 is 9.88 Å². The zero-order valence-corrected chi connectivity index (χ0v) is 20.9. The molecule has 2 heterocycles. The Morgan fingerprint density at radius 1 is 0.943 bits per heavy atom. The van der Waals surface area contributed by atoms with E-state index in [0.717, 1.165) is 23.2 Å². The number of aromatic nitrogens is 5. The molecule has 0 unspecified atom stereocenters. The summed E-state index contributed by atoms with van der Waals surface area (Å²) in [5.74, 6) is 1.10. The number of carbonyl (C=O) groups is 1. The smallest absolute Gasteiger partial charge is 0.236 e. The van der Waals surface area contributed by atoms with Gasteiger partial charge >= 0.3 is 0 Å². The van der Waals surface area contributed by atoms with Crippen molar-refractivity contribution in [2.45, 2.75) is 29.9 Å². The standard InChI is InChI=1S/C24H24N6O3S2/c1-3-30-22(15-17-7-5-4-6-8-17)28-29-24(30)34-16-23(31)25-21-14-13-20(26-27-21)18-9-11-19(12-10-18)35(2,32)33/h4-14H,3,15-16H2,1-2H3,(H,25,27,31). The monoisotopic (exact) mass is 508 g/mol. The quantitative estimate of drug-likeness (QED) is 0.341. The summed E-state index contributed by atoms with van der Waals surface area (Å²) in [5.41, 5.74) is 2.44. The second-order valence-electron chi connectivity index (χ2n) is 7.74. The first-order valence-electron chi connectivity index (χ1n) is 10.9. The molecular formula is C24H24N6O3S2. The third-order valence-corrected chi connectivity index (χ3v) is 7.25. The summed E-state index contributed by atoms with van der Waals surface area (Å²) in [6.45, 7) is 2.73. The molecule has 11 heteroatoms. The van der Waals surface area contributed by atoms with E-state index in [1.54, 1.807) is 24.3 Å². The molecule has 0 fully saturated rings. The van der Waals surface area contributed by atoms with Crippen molar-refractivity contribution >= 4 is 33.3 Å². The molecule has 0 bridgehead atoms. The predicted octanol–water partition coefficient (Wildman–Crippen LogP) is 3.48. The summed E-state index contributed by atoms with van der Waals surface area (Å²) >= 11 is 1.31. The molecule has 1 N–H and O–H groups in total. The van der Waals surface area contributed by atoms with Crippen molar-refractivity contribution in [2.24, 2.45) is 0 Å². The fourth-order valence-electron chi connectivity index (χ4n) is 3.39. The van der Waals surface area contributed by atoms with Gasteiger partial charge in [0.1, 0.15) is 5.82 Å². The Morgan fingerprint density at radius 3 is 2.31 bits per heavy atom. The van der Waals surface area contributed by atoms with E-state index in [0.29, 0.717) is 29.6 Å². The first-order chi connectivity index (χ1) is 16.8. The maximum atomic E-state index is 12.5. The van der Waals surface area contributed by atoms with Crippen LogP contribution in [0.15, 0.2) is 76.8 Å². The molecule has 0 aliphatic carbocycles. The number of nitrogens with one attached hydrogen (secondary N) is 1. The number of nitrogens with zero attached hydrogens (tertiary/aromatic N) is 5. The molecule has 0 aliphatic heterocycles. The summed E-state index contributed by atoms with van der Waals surface area (Å²) in [7, 11) is -3.26. The van der Waals surface area contributed by atoms with Crippen molar-refractivity contribution < 1.29 is 13.2 Å². The zero-order chi connectivity index (χ0) is 24.8. The lowest BCUT2D eigenvalue weighted by atomic mass is 10.1. The Labute approximate surface area is 207 Å². The van der Waals surface area contributed by atoms with Crippen molar-refractivity contribution in [2.75, 3.05) is 17.3 Å². The zero-order valence-electron chi connectivity index (χ0n) is 19.2. The number of rotatable bonds is 9. The van der Waals surface area contributed by atoms with E-state index in [2.05, 4.69) is 25.7 Å². The van der Waals surface area contributed by atoms with Crippen LogP contribution in [0.5, 0.6) is 0 Å². The van der Waals surface area contributed by atoms with Gasteiger partial charge in [-0.05, 0) is 36.8 Å². The summed E-state index contributed by atoms with van der Waals surface area (Å²) < 4.78 is 25.2. The average Bonchev–Trinajstić information content (AvgIpc) is 3.24. The largest absolute Gasteiger partial charge is 0.308 e. The van der Waals surface area contributed by atoms with Crippen molar-refractivity contribution in [3.8, 4) is 11.3 Å². The molecule has 0 aliphatic rings. The van der Waals surface area contributed by atoms with Crippen molar-refractivity contribution in [1.82, 2.24) is 25.0 Å². The van der Waals surface area contributed by atoms with Gasteiger partial charge in [-0.1, -0.05) is 54.2 Å². The number of hydrogen-bond acceptors (Lipinski definition) is 8. The molecule has 2 aromatic carbocycles. The molecule has 180 valence electrons. The van der Waals surface area contributed by atoms with Gasteiger partial charge in [0.2, 0.25) is 5.91 Å². The van der Waals surface area contributed by atoms with Crippen LogP contribution in [0.25, 0.3) is 11.3 Å². The first-order valence-corrected chi connectivity index (χ1v) is 13.7. The Hall–Kier alpha value is -3.57. The van der Waals surface area contributed by atoms with Crippen molar-refractivity contribution in [1.29, 1.82) is 0 Å². The molecule has 1 amide bonds. The van der Waals surface area contributed by atoms with Gasteiger partial charge in [0, 0.05) is 24.8 Å². The second-order valence-corrected chi connectivity index (χ2v) is 10.7. The number of hydrogen-bond donors (Lipinski definition) is 1. The first kappa shape index (κ1) is 24.6. The average molecular weight is 509 g/mol. The highest BCUT2D eigenvalue weighted by Gasteiger charge is 2.14. The normalized spacial score (nSPS) is 11.4. The molecule has 0 radical (unpaired) electrons. The fraction of sp³-hybridized carbons (Fsp3) is 0.208. The Morgan fingerprint density at radius 2 is 1.69 bits per heavy atom. The van der Waals surface area contributed by atoms with Crippen LogP contribution in [-0.2, 0) is 27.6 Å². The highest BCUT2D eigenvalue weighted by molar-refractivity contribution is 7.99. The van der Waals surface area contributed by atoms with Crippen LogP contribution < -0.4 is 5.32 Å². The molecule has 2 aromatic heterocycles. The Balaban J connectivity index is 1.34. The van der Waals surface area contributed by atoms with E-state index in [1.165, 1.54) is 23.9 Å². The second kappa shape index (κ2) is 10.8. The minimum atomic E-state index is -3.26. The summed E-state index contributed by atoms with van der Waals surface area (Å²) in [4.78, 5) is 12.7. The van der Waals surface area contributed by atoms with Crippen molar-refractivity contribution in [3.05, 3.63) is 78.1 Å². The van der Waals surface area contributed by atoms with Gasteiger partial charge in [0.05, 0.1) is 16.3 Å². The summed E-state index contributed by atoms with van der Waals surface area (Å²) in [6, 6.07) is 19.8. The number of anilines is 1. The third-order valence-electron chi connectivity index (χ3n) is 5.16.